The molecule has 0 aliphatic heterocycles. The highest BCUT2D eigenvalue weighted by atomic mass is 16.5. The minimum absolute atomic E-state index is 0.117. The second-order valence-electron chi connectivity index (χ2n) is 6.96. The average Bonchev–Trinajstić information content (AvgIpc) is 3.35. The van der Waals surface area contributed by atoms with E-state index in [1.165, 1.54) is 12.8 Å². The van der Waals surface area contributed by atoms with Crippen molar-refractivity contribution in [1.82, 2.24) is 25.1 Å². The summed E-state index contributed by atoms with van der Waals surface area (Å²) in [5.74, 6) is 3.43. The van der Waals surface area contributed by atoms with Crippen LogP contribution in [0.2, 0.25) is 0 Å². The Hall–Kier alpha value is -2.44. The van der Waals surface area contributed by atoms with Crippen LogP contribution in [0.25, 0.3) is 5.65 Å². The molecular formula is C18H23N5O2. The van der Waals surface area contributed by atoms with Crippen LogP contribution in [0.3, 0.4) is 0 Å². The Morgan fingerprint density at radius 1 is 1.32 bits per heavy atom. The van der Waals surface area contributed by atoms with Crippen LogP contribution in [0.5, 0.6) is 5.88 Å². The molecule has 0 spiro atoms. The van der Waals surface area contributed by atoms with Crippen LogP contribution >= 0.6 is 0 Å². The molecule has 0 unspecified atom stereocenters. The van der Waals surface area contributed by atoms with E-state index in [1.54, 1.807) is 17.7 Å². The molecular weight excluding hydrogens is 318 g/mol. The first kappa shape index (κ1) is 16.1. The van der Waals surface area contributed by atoms with E-state index in [-0.39, 0.29) is 5.91 Å². The lowest BCUT2D eigenvalue weighted by Crippen LogP contribution is -2.30. The van der Waals surface area contributed by atoms with Crippen molar-refractivity contribution in [2.45, 2.75) is 32.1 Å². The summed E-state index contributed by atoms with van der Waals surface area (Å²) in [4.78, 5) is 12.1. The van der Waals surface area contributed by atoms with E-state index in [2.05, 4.69) is 32.8 Å². The molecule has 1 saturated carbocycles. The first-order chi connectivity index (χ1) is 12.2. The fourth-order valence-corrected chi connectivity index (χ4v) is 3.95. The van der Waals surface area contributed by atoms with Gasteiger partial charge in [0.1, 0.15) is 0 Å². The van der Waals surface area contributed by atoms with E-state index in [4.69, 9.17) is 4.74 Å². The van der Waals surface area contributed by atoms with E-state index in [0.29, 0.717) is 36.2 Å². The van der Waals surface area contributed by atoms with Crippen LogP contribution in [0.15, 0.2) is 24.3 Å². The van der Waals surface area contributed by atoms with Crippen LogP contribution in [-0.2, 0) is 11.2 Å². The molecule has 0 saturated heterocycles. The third-order valence-electron chi connectivity index (χ3n) is 5.29. The van der Waals surface area contributed by atoms with E-state index in [9.17, 15) is 4.79 Å². The Bertz CT molecular complexity index is 800. The molecule has 2 aromatic rings. The Kier molecular flexibility index (Phi) is 4.38. The van der Waals surface area contributed by atoms with Crippen LogP contribution in [0, 0.1) is 17.8 Å². The lowest BCUT2D eigenvalue weighted by Gasteiger charge is -2.18. The van der Waals surface area contributed by atoms with Crippen molar-refractivity contribution in [3.63, 3.8) is 0 Å². The maximum absolute atomic E-state index is 12.1. The van der Waals surface area contributed by atoms with Crippen molar-refractivity contribution in [2.24, 2.45) is 17.8 Å². The van der Waals surface area contributed by atoms with E-state index < -0.39 is 0 Å². The molecule has 1 fully saturated rings. The zero-order chi connectivity index (χ0) is 17.2. The summed E-state index contributed by atoms with van der Waals surface area (Å²) >= 11 is 0. The number of carbonyl (C=O) groups excluding carboxylic acids is 1. The van der Waals surface area contributed by atoms with Gasteiger partial charge in [0.25, 0.3) is 0 Å². The number of aromatic nitrogens is 4. The molecule has 4 rings (SSSR count). The Labute approximate surface area is 146 Å². The molecule has 7 nitrogen and oxygen atoms in total. The topological polar surface area (TPSA) is 81.4 Å². The van der Waals surface area contributed by atoms with Crippen molar-refractivity contribution in [1.29, 1.82) is 0 Å². The maximum atomic E-state index is 12.1. The highest BCUT2D eigenvalue weighted by Crippen LogP contribution is 2.42. The van der Waals surface area contributed by atoms with Gasteiger partial charge in [0.2, 0.25) is 11.8 Å². The van der Waals surface area contributed by atoms with Crippen LogP contribution in [-0.4, -0.2) is 39.4 Å². The van der Waals surface area contributed by atoms with Crippen molar-refractivity contribution >= 4 is 11.6 Å². The predicted octanol–water partition coefficient (Wildman–Crippen LogP) is 1.78. The van der Waals surface area contributed by atoms with Crippen molar-refractivity contribution in [3.8, 4) is 5.88 Å². The summed E-state index contributed by atoms with van der Waals surface area (Å²) < 4.78 is 6.81. The summed E-state index contributed by atoms with van der Waals surface area (Å²) in [6, 6.07) is 3.57. The van der Waals surface area contributed by atoms with Crippen LogP contribution in [0.4, 0.5) is 0 Å². The molecule has 2 heterocycles. The number of fused-ring (bicyclic) bond motifs is 3. The molecule has 2 aliphatic carbocycles. The van der Waals surface area contributed by atoms with E-state index in [1.807, 2.05) is 6.07 Å². The minimum atomic E-state index is 0.117. The molecule has 2 aromatic heterocycles. The number of nitrogens with one attached hydrogen (secondary N) is 1. The van der Waals surface area contributed by atoms with Crippen LogP contribution < -0.4 is 10.1 Å². The normalized spacial score (nSPS) is 24.1. The smallest absolute Gasteiger partial charge is 0.231 e. The quantitative estimate of drug-likeness (QED) is 0.777. The lowest BCUT2D eigenvalue weighted by atomic mass is 9.93. The van der Waals surface area contributed by atoms with Gasteiger partial charge >= 0.3 is 0 Å². The van der Waals surface area contributed by atoms with Crippen molar-refractivity contribution < 1.29 is 9.53 Å². The SMILES string of the molecule is COc1ccc2nnc(CCCC(=O)NC[C@@H]3C[C@@H]4C=C[C@H]3C4)n2n1. The monoisotopic (exact) mass is 341 g/mol. The zero-order valence-electron chi connectivity index (χ0n) is 14.4. The molecule has 3 atom stereocenters. The molecule has 2 bridgehead atoms. The molecule has 1 N–H and O–H groups in total. The summed E-state index contributed by atoms with van der Waals surface area (Å²) in [7, 11) is 1.58. The number of nitrogens with zero attached hydrogens (tertiary/aromatic N) is 4. The zero-order valence-corrected chi connectivity index (χ0v) is 14.4. The number of allylic oxidation sites excluding steroid dienone is 2. The Morgan fingerprint density at radius 2 is 2.24 bits per heavy atom. The Balaban J connectivity index is 1.25. The molecule has 7 heteroatoms. The summed E-state index contributed by atoms with van der Waals surface area (Å²) in [6.45, 7) is 0.803. The van der Waals surface area contributed by atoms with E-state index in [0.717, 1.165) is 24.7 Å². The van der Waals surface area contributed by atoms with Gasteiger partial charge in [-0.05, 0) is 43.1 Å². The number of methoxy groups -OCH3 is 1. The van der Waals surface area contributed by atoms with Gasteiger partial charge in [-0.1, -0.05) is 12.2 Å². The van der Waals surface area contributed by atoms with Gasteiger partial charge in [-0.3, -0.25) is 4.79 Å². The lowest BCUT2D eigenvalue weighted by molar-refractivity contribution is -0.121. The predicted molar refractivity (Wildman–Crippen MR) is 92.1 cm³/mol. The van der Waals surface area contributed by atoms with Gasteiger partial charge in [-0.2, -0.15) is 4.52 Å². The standard InChI is InChI=1S/C18H23N5O2/c1-25-18-8-7-16-21-20-15(23(16)22-18)3-2-4-17(24)19-11-14-10-12-5-6-13(14)9-12/h5-8,12-14H,2-4,9-11H2,1H3,(H,19,24)/t12-,13+,14+/m1/s1. The number of amides is 1. The molecule has 2 aliphatic rings. The highest BCUT2D eigenvalue weighted by Gasteiger charge is 2.35. The maximum Gasteiger partial charge on any atom is 0.231 e. The van der Waals surface area contributed by atoms with Gasteiger partial charge in [0.15, 0.2) is 11.5 Å². The second kappa shape index (κ2) is 6.82. The largest absolute Gasteiger partial charge is 0.480 e. The second-order valence-corrected chi connectivity index (χ2v) is 6.96. The highest BCUT2D eigenvalue weighted by molar-refractivity contribution is 5.75. The molecule has 25 heavy (non-hydrogen) atoms. The van der Waals surface area contributed by atoms with Crippen molar-refractivity contribution in [2.75, 3.05) is 13.7 Å². The molecule has 0 aromatic carbocycles. The number of aryl methyl sites for hydroxylation is 1. The summed E-state index contributed by atoms with van der Waals surface area (Å²) in [6.07, 6.45) is 9.03. The van der Waals surface area contributed by atoms with E-state index >= 15 is 0 Å². The number of hydrogen-bond acceptors (Lipinski definition) is 5. The fraction of sp³-hybridized carbons (Fsp3) is 0.556. The number of rotatable bonds is 7. The third kappa shape index (κ3) is 3.36. The molecule has 0 radical (unpaired) electrons. The summed E-state index contributed by atoms with van der Waals surface area (Å²) in [5.41, 5.74) is 0.685. The first-order valence-electron chi connectivity index (χ1n) is 8.93. The summed E-state index contributed by atoms with van der Waals surface area (Å²) in [5, 5.41) is 15.7. The molecule has 1 amide bonds. The van der Waals surface area contributed by atoms with Gasteiger partial charge in [0.05, 0.1) is 7.11 Å². The minimum Gasteiger partial charge on any atom is -0.480 e. The first-order valence-corrected chi connectivity index (χ1v) is 8.93. The molecule has 132 valence electrons. The van der Waals surface area contributed by atoms with Gasteiger partial charge < -0.3 is 10.1 Å². The van der Waals surface area contributed by atoms with Crippen LogP contribution in [0.1, 0.15) is 31.5 Å². The van der Waals surface area contributed by atoms with Gasteiger partial charge in [-0.15, -0.1) is 15.3 Å². The number of hydrogen-bond donors (Lipinski definition) is 1. The number of carbonyl (C=O) groups is 1. The van der Waals surface area contributed by atoms with Gasteiger partial charge in [0, 0.05) is 25.5 Å². The average molecular weight is 341 g/mol. The van der Waals surface area contributed by atoms with Crippen molar-refractivity contribution in [3.05, 3.63) is 30.1 Å². The fourth-order valence-electron chi connectivity index (χ4n) is 3.95. The third-order valence-corrected chi connectivity index (χ3v) is 5.29. The van der Waals surface area contributed by atoms with Gasteiger partial charge in [-0.25, -0.2) is 0 Å². The number of ether oxygens (including phenoxy) is 1. The Morgan fingerprint density at radius 3 is 3.00 bits per heavy atom.